The molecule has 0 atom stereocenters. The van der Waals surface area contributed by atoms with Gasteiger partial charge in [0, 0.05) is 6.04 Å². The van der Waals surface area contributed by atoms with Gasteiger partial charge in [0.15, 0.2) is 11.6 Å². The van der Waals surface area contributed by atoms with Crippen molar-refractivity contribution in [2.45, 2.75) is 37.6 Å². The third-order valence-corrected chi connectivity index (χ3v) is 3.79. The van der Waals surface area contributed by atoms with Crippen LogP contribution in [0, 0.1) is 11.6 Å². The van der Waals surface area contributed by atoms with E-state index in [1.54, 1.807) is 0 Å². The minimum Gasteiger partial charge on any atom is -0.349 e. The predicted molar refractivity (Wildman–Crippen MR) is 69.6 cm³/mol. The third kappa shape index (κ3) is 3.73. The number of rotatable bonds is 5. The van der Waals surface area contributed by atoms with Crippen molar-refractivity contribution < 1.29 is 22.0 Å². The number of sulfonamides is 1. The number of carbonyl (C=O) groups is 1. The second kappa shape index (κ2) is 6.27. The minimum atomic E-state index is -4.22. The predicted octanol–water partition coefficient (Wildman–Crippen LogP) is 1.53. The Morgan fingerprint density at radius 1 is 1.30 bits per heavy atom. The Hall–Kier alpha value is -1.54. The van der Waals surface area contributed by atoms with Gasteiger partial charge in [-0.05, 0) is 25.0 Å². The van der Waals surface area contributed by atoms with Crippen molar-refractivity contribution in [3.8, 4) is 0 Å². The number of hydrogen-bond acceptors (Lipinski definition) is 3. The fourth-order valence-corrected chi connectivity index (χ4v) is 2.20. The van der Waals surface area contributed by atoms with Crippen molar-refractivity contribution >= 4 is 15.9 Å². The van der Waals surface area contributed by atoms with Gasteiger partial charge in [0.25, 0.3) is 5.91 Å². The zero-order valence-electron chi connectivity index (χ0n) is 11.1. The van der Waals surface area contributed by atoms with E-state index in [1.807, 2.05) is 13.8 Å². The smallest absolute Gasteiger partial charge is 0.254 e. The van der Waals surface area contributed by atoms with E-state index in [0.29, 0.717) is 18.9 Å². The normalized spacial score (nSPS) is 11.7. The molecule has 1 aromatic carbocycles. The Morgan fingerprint density at radius 2 is 1.85 bits per heavy atom. The first-order valence-electron chi connectivity index (χ1n) is 6.03. The fraction of sp³-hybridized carbons (Fsp3) is 0.417. The lowest BCUT2D eigenvalue weighted by Crippen LogP contribution is -2.34. The van der Waals surface area contributed by atoms with E-state index in [0.717, 1.165) is 6.07 Å². The van der Waals surface area contributed by atoms with Crippen molar-refractivity contribution in [1.82, 2.24) is 5.32 Å². The number of benzene rings is 1. The van der Waals surface area contributed by atoms with Gasteiger partial charge in [0.05, 0.1) is 10.5 Å². The summed E-state index contributed by atoms with van der Waals surface area (Å²) in [6, 6.07) is 0.965. The van der Waals surface area contributed by atoms with Crippen molar-refractivity contribution in [3.63, 3.8) is 0 Å². The maximum absolute atomic E-state index is 13.6. The van der Waals surface area contributed by atoms with Gasteiger partial charge >= 0.3 is 0 Å². The van der Waals surface area contributed by atoms with Crippen molar-refractivity contribution in [1.29, 1.82) is 0 Å². The summed E-state index contributed by atoms with van der Waals surface area (Å²) >= 11 is 0. The minimum absolute atomic E-state index is 0.205. The number of halogens is 2. The van der Waals surface area contributed by atoms with Gasteiger partial charge in [0.2, 0.25) is 10.0 Å². The quantitative estimate of drug-likeness (QED) is 0.864. The molecule has 3 N–H and O–H groups in total. The largest absolute Gasteiger partial charge is 0.349 e. The summed E-state index contributed by atoms with van der Waals surface area (Å²) in [6.45, 7) is 3.65. The summed E-state index contributed by atoms with van der Waals surface area (Å²) < 4.78 is 49.3. The molecule has 0 radical (unpaired) electrons. The highest BCUT2D eigenvalue weighted by Gasteiger charge is 2.22. The molecule has 0 spiro atoms. The van der Waals surface area contributed by atoms with Crippen LogP contribution in [0.15, 0.2) is 17.0 Å². The van der Waals surface area contributed by atoms with Crippen LogP contribution in [0.5, 0.6) is 0 Å². The molecule has 0 aliphatic rings. The van der Waals surface area contributed by atoms with Crippen LogP contribution in [0.3, 0.4) is 0 Å². The van der Waals surface area contributed by atoms with Gasteiger partial charge in [0.1, 0.15) is 0 Å². The summed E-state index contributed by atoms with van der Waals surface area (Å²) in [6.07, 6.45) is 1.22. The number of nitrogens with two attached hydrogens (primary N) is 1. The SMILES string of the molecule is CCC(CC)NC(=O)c1cc(S(N)(=O)=O)cc(F)c1F. The number of carbonyl (C=O) groups excluding carboxylic acids is 1. The zero-order chi connectivity index (χ0) is 15.5. The molecule has 0 aromatic heterocycles. The molecule has 1 rings (SSSR count). The molecule has 1 aromatic rings. The molecular formula is C12H16F2N2O3S. The van der Waals surface area contributed by atoms with Crippen LogP contribution in [0.1, 0.15) is 37.0 Å². The van der Waals surface area contributed by atoms with E-state index < -0.39 is 38.0 Å². The average molecular weight is 306 g/mol. The van der Waals surface area contributed by atoms with Crippen LogP contribution >= 0.6 is 0 Å². The van der Waals surface area contributed by atoms with Crippen LogP contribution in [0.25, 0.3) is 0 Å². The molecule has 0 bridgehead atoms. The number of amides is 1. The summed E-state index contributed by atoms with van der Waals surface area (Å²) in [5.74, 6) is -3.72. The lowest BCUT2D eigenvalue weighted by atomic mass is 10.1. The van der Waals surface area contributed by atoms with Crippen LogP contribution in [-0.2, 0) is 10.0 Å². The first-order valence-corrected chi connectivity index (χ1v) is 7.58. The lowest BCUT2D eigenvalue weighted by Gasteiger charge is -2.15. The van der Waals surface area contributed by atoms with Crippen molar-refractivity contribution in [3.05, 3.63) is 29.3 Å². The Morgan fingerprint density at radius 3 is 2.30 bits per heavy atom. The highest BCUT2D eigenvalue weighted by molar-refractivity contribution is 7.89. The van der Waals surface area contributed by atoms with Crippen molar-refractivity contribution in [2.24, 2.45) is 5.14 Å². The molecule has 0 saturated carbocycles. The number of nitrogens with one attached hydrogen (secondary N) is 1. The van der Waals surface area contributed by atoms with E-state index in [-0.39, 0.29) is 6.04 Å². The van der Waals surface area contributed by atoms with E-state index >= 15 is 0 Å². The second-order valence-electron chi connectivity index (χ2n) is 4.30. The van der Waals surface area contributed by atoms with Crippen LogP contribution in [-0.4, -0.2) is 20.4 Å². The molecule has 8 heteroatoms. The maximum Gasteiger partial charge on any atom is 0.254 e. The number of hydrogen-bond donors (Lipinski definition) is 2. The molecule has 1 amide bonds. The highest BCUT2D eigenvalue weighted by atomic mass is 32.2. The van der Waals surface area contributed by atoms with E-state index in [4.69, 9.17) is 5.14 Å². The van der Waals surface area contributed by atoms with Gasteiger partial charge in [-0.3, -0.25) is 4.79 Å². The van der Waals surface area contributed by atoms with Gasteiger partial charge in [-0.25, -0.2) is 22.3 Å². The summed E-state index contributed by atoms with van der Waals surface area (Å²) in [7, 11) is -4.22. The Bertz CT molecular complexity index is 613. The van der Waals surface area contributed by atoms with Gasteiger partial charge in [-0.1, -0.05) is 13.8 Å². The lowest BCUT2D eigenvalue weighted by molar-refractivity contribution is 0.0929. The summed E-state index contributed by atoms with van der Waals surface area (Å²) in [5, 5.41) is 7.35. The van der Waals surface area contributed by atoms with E-state index in [1.165, 1.54) is 0 Å². The second-order valence-corrected chi connectivity index (χ2v) is 5.86. The number of primary sulfonamides is 1. The molecule has 0 aliphatic carbocycles. The standard InChI is InChI=1S/C12H16F2N2O3S/c1-3-7(4-2)16-12(17)9-5-8(20(15,18)19)6-10(13)11(9)14/h5-7H,3-4H2,1-2H3,(H,16,17)(H2,15,18,19). The molecule has 0 heterocycles. The first-order chi connectivity index (χ1) is 9.20. The zero-order valence-corrected chi connectivity index (χ0v) is 11.9. The Balaban J connectivity index is 3.24. The fourth-order valence-electron chi connectivity index (χ4n) is 1.65. The first kappa shape index (κ1) is 16.5. The van der Waals surface area contributed by atoms with Gasteiger partial charge in [-0.2, -0.15) is 0 Å². The van der Waals surface area contributed by atoms with Crippen LogP contribution in [0.2, 0.25) is 0 Å². The van der Waals surface area contributed by atoms with E-state index in [9.17, 15) is 22.0 Å². The van der Waals surface area contributed by atoms with E-state index in [2.05, 4.69) is 5.32 Å². The third-order valence-electron chi connectivity index (χ3n) is 2.90. The summed E-state index contributed by atoms with van der Waals surface area (Å²) in [5.41, 5.74) is -0.680. The molecule has 0 aliphatic heterocycles. The van der Waals surface area contributed by atoms with Crippen LogP contribution in [0.4, 0.5) is 8.78 Å². The van der Waals surface area contributed by atoms with Crippen LogP contribution < -0.4 is 10.5 Å². The monoisotopic (exact) mass is 306 g/mol. The topological polar surface area (TPSA) is 89.3 Å². The molecule has 0 unspecified atom stereocenters. The maximum atomic E-state index is 13.6. The molecule has 0 fully saturated rings. The van der Waals surface area contributed by atoms with Crippen molar-refractivity contribution in [2.75, 3.05) is 0 Å². The summed E-state index contributed by atoms with van der Waals surface area (Å²) in [4.78, 5) is 11.2. The Labute approximate surface area is 116 Å². The molecule has 112 valence electrons. The molecule has 0 saturated heterocycles. The van der Waals surface area contributed by atoms with Gasteiger partial charge in [-0.15, -0.1) is 0 Å². The average Bonchev–Trinajstić information content (AvgIpc) is 2.37. The Kier molecular flexibility index (Phi) is 5.18. The molecule has 5 nitrogen and oxygen atoms in total. The molecule has 20 heavy (non-hydrogen) atoms. The molecular weight excluding hydrogens is 290 g/mol. The van der Waals surface area contributed by atoms with Gasteiger partial charge < -0.3 is 5.32 Å². The highest BCUT2D eigenvalue weighted by Crippen LogP contribution is 2.18.